The van der Waals surface area contributed by atoms with E-state index in [4.69, 9.17) is 5.73 Å². The number of benzene rings is 1. The molecule has 2 N–H and O–H groups in total. The minimum atomic E-state index is 0.283. The van der Waals surface area contributed by atoms with Crippen LogP contribution in [0.2, 0.25) is 0 Å². The fourth-order valence-electron chi connectivity index (χ4n) is 3.71. The molecule has 1 saturated carbocycles. The molecule has 1 aromatic rings. The molecule has 0 radical (unpaired) electrons. The molecule has 0 saturated heterocycles. The standard InChI is InChI=1S/C17H25N/c18-17-9-5-4-8-14-10-11-15(12-16(14)17)13-6-2-1-3-7-13/h10-13,17H,1-9,18H2. The van der Waals surface area contributed by atoms with Crippen molar-refractivity contribution in [3.8, 4) is 0 Å². The van der Waals surface area contributed by atoms with Gasteiger partial charge in [0.15, 0.2) is 0 Å². The first kappa shape index (κ1) is 12.2. The van der Waals surface area contributed by atoms with E-state index in [1.54, 1.807) is 5.56 Å². The highest BCUT2D eigenvalue weighted by Gasteiger charge is 2.19. The van der Waals surface area contributed by atoms with Crippen molar-refractivity contribution in [1.29, 1.82) is 0 Å². The van der Waals surface area contributed by atoms with E-state index in [0.29, 0.717) is 0 Å². The molecule has 18 heavy (non-hydrogen) atoms. The molecule has 0 heterocycles. The van der Waals surface area contributed by atoms with Crippen LogP contribution in [-0.2, 0) is 6.42 Å². The molecule has 1 nitrogen and oxygen atoms in total. The molecule has 0 spiro atoms. The minimum Gasteiger partial charge on any atom is -0.324 e. The van der Waals surface area contributed by atoms with E-state index in [1.807, 2.05) is 0 Å². The Balaban J connectivity index is 1.88. The molecule has 1 heteroatoms. The lowest BCUT2D eigenvalue weighted by Gasteiger charge is -2.24. The molecule has 0 amide bonds. The Morgan fingerprint density at radius 2 is 1.67 bits per heavy atom. The van der Waals surface area contributed by atoms with Crippen molar-refractivity contribution in [1.82, 2.24) is 0 Å². The average molecular weight is 243 g/mol. The van der Waals surface area contributed by atoms with Gasteiger partial charge in [-0.1, -0.05) is 43.9 Å². The molecule has 0 aliphatic heterocycles. The van der Waals surface area contributed by atoms with Crippen molar-refractivity contribution in [3.05, 3.63) is 34.9 Å². The van der Waals surface area contributed by atoms with Crippen LogP contribution in [0.3, 0.4) is 0 Å². The van der Waals surface area contributed by atoms with Gasteiger partial charge in [-0.2, -0.15) is 0 Å². The molecule has 2 aliphatic carbocycles. The molecule has 1 atom stereocenters. The quantitative estimate of drug-likeness (QED) is 0.724. The largest absolute Gasteiger partial charge is 0.324 e. The third-order valence-electron chi connectivity index (χ3n) is 4.86. The summed E-state index contributed by atoms with van der Waals surface area (Å²) in [4.78, 5) is 0. The SMILES string of the molecule is NC1CCCCc2ccc(C3CCCCC3)cc21. The van der Waals surface area contributed by atoms with E-state index in [2.05, 4.69) is 18.2 Å². The molecule has 1 aromatic carbocycles. The molecular formula is C17H25N. The third-order valence-corrected chi connectivity index (χ3v) is 4.86. The Morgan fingerprint density at radius 1 is 0.889 bits per heavy atom. The monoisotopic (exact) mass is 243 g/mol. The van der Waals surface area contributed by atoms with E-state index < -0.39 is 0 Å². The molecular weight excluding hydrogens is 218 g/mol. The van der Waals surface area contributed by atoms with Crippen LogP contribution in [0.1, 0.15) is 80.0 Å². The molecule has 1 fully saturated rings. The lowest BCUT2D eigenvalue weighted by Crippen LogP contribution is -2.12. The van der Waals surface area contributed by atoms with Gasteiger partial charge in [0.25, 0.3) is 0 Å². The second-order valence-electron chi connectivity index (χ2n) is 6.15. The summed E-state index contributed by atoms with van der Waals surface area (Å²) in [6, 6.07) is 7.48. The van der Waals surface area contributed by atoms with Crippen LogP contribution in [0.25, 0.3) is 0 Å². The molecule has 1 unspecified atom stereocenters. The number of fused-ring (bicyclic) bond motifs is 1. The van der Waals surface area contributed by atoms with Gasteiger partial charge in [0, 0.05) is 6.04 Å². The maximum Gasteiger partial charge on any atom is 0.0297 e. The summed E-state index contributed by atoms with van der Waals surface area (Å²) >= 11 is 0. The van der Waals surface area contributed by atoms with Gasteiger partial charge in [-0.25, -0.2) is 0 Å². The van der Waals surface area contributed by atoms with Crippen molar-refractivity contribution in [2.24, 2.45) is 5.73 Å². The van der Waals surface area contributed by atoms with Crippen LogP contribution in [0.4, 0.5) is 0 Å². The number of rotatable bonds is 1. The van der Waals surface area contributed by atoms with Crippen LogP contribution >= 0.6 is 0 Å². The van der Waals surface area contributed by atoms with Crippen molar-refractivity contribution in [2.45, 2.75) is 69.7 Å². The predicted octanol–water partition coefficient (Wildman–Crippen LogP) is 4.46. The van der Waals surface area contributed by atoms with E-state index in [1.165, 1.54) is 68.9 Å². The van der Waals surface area contributed by atoms with E-state index in [-0.39, 0.29) is 6.04 Å². The van der Waals surface area contributed by atoms with Crippen molar-refractivity contribution >= 4 is 0 Å². The molecule has 3 rings (SSSR count). The van der Waals surface area contributed by atoms with Crippen LogP contribution < -0.4 is 5.73 Å². The third kappa shape index (κ3) is 2.47. The number of nitrogens with two attached hydrogens (primary N) is 1. The smallest absolute Gasteiger partial charge is 0.0297 e. The first-order valence-corrected chi connectivity index (χ1v) is 7.73. The van der Waals surface area contributed by atoms with Crippen LogP contribution in [-0.4, -0.2) is 0 Å². The lowest BCUT2D eigenvalue weighted by atomic mass is 9.82. The minimum absolute atomic E-state index is 0.283. The van der Waals surface area contributed by atoms with Gasteiger partial charge in [-0.05, 0) is 54.7 Å². The molecule has 0 aromatic heterocycles. The highest BCUT2D eigenvalue weighted by molar-refractivity contribution is 5.36. The topological polar surface area (TPSA) is 26.0 Å². The summed E-state index contributed by atoms with van der Waals surface area (Å²) in [5.74, 6) is 0.805. The highest BCUT2D eigenvalue weighted by Crippen LogP contribution is 2.35. The zero-order valence-electron chi connectivity index (χ0n) is 11.3. The molecule has 0 bridgehead atoms. The van der Waals surface area contributed by atoms with Gasteiger partial charge in [-0.15, -0.1) is 0 Å². The maximum absolute atomic E-state index is 6.34. The number of hydrogen-bond acceptors (Lipinski definition) is 1. The van der Waals surface area contributed by atoms with Gasteiger partial charge in [0.2, 0.25) is 0 Å². The zero-order chi connectivity index (χ0) is 12.4. The second kappa shape index (κ2) is 5.44. The van der Waals surface area contributed by atoms with Gasteiger partial charge in [-0.3, -0.25) is 0 Å². The normalized spacial score (nSPS) is 25.5. The van der Waals surface area contributed by atoms with Crippen molar-refractivity contribution < 1.29 is 0 Å². The number of hydrogen-bond donors (Lipinski definition) is 1. The Bertz CT molecular complexity index is 404. The van der Waals surface area contributed by atoms with Crippen molar-refractivity contribution in [2.75, 3.05) is 0 Å². The second-order valence-corrected chi connectivity index (χ2v) is 6.15. The molecule has 98 valence electrons. The summed E-state index contributed by atoms with van der Waals surface area (Å²) in [6.45, 7) is 0. The Morgan fingerprint density at radius 3 is 2.50 bits per heavy atom. The van der Waals surface area contributed by atoms with Crippen LogP contribution in [0, 0.1) is 0 Å². The summed E-state index contributed by atoms with van der Waals surface area (Å²) in [7, 11) is 0. The van der Waals surface area contributed by atoms with Crippen LogP contribution in [0.5, 0.6) is 0 Å². The van der Waals surface area contributed by atoms with Crippen LogP contribution in [0.15, 0.2) is 18.2 Å². The van der Waals surface area contributed by atoms with Gasteiger partial charge < -0.3 is 5.73 Å². The Kier molecular flexibility index (Phi) is 3.69. The number of aryl methyl sites for hydroxylation is 1. The van der Waals surface area contributed by atoms with Gasteiger partial charge in [0.1, 0.15) is 0 Å². The predicted molar refractivity (Wildman–Crippen MR) is 76.8 cm³/mol. The fraction of sp³-hybridized carbons (Fsp3) is 0.647. The van der Waals surface area contributed by atoms with Gasteiger partial charge >= 0.3 is 0 Å². The summed E-state index contributed by atoms with van der Waals surface area (Å²) in [5, 5.41) is 0. The lowest BCUT2D eigenvalue weighted by molar-refractivity contribution is 0.443. The Labute approximate surface area is 111 Å². The first-order chi connectivity index (χ1) is 8.84. The summed E-state index contributed by atoms with van der Waals surface area (Å²) < 4.78 is 0. The van der Waals surface area contributed by atoms with Gasteiger partial charge in [0.05, 0.1) is 0 Å². The summed E-state index contributed by atoms with van der Waals surface area (Å²) in [6.07, 6.45) is 12.0. The van der Waals surface area contributed by atoms with E-state index >= 15 is 0 Å². The Hall–Kier alpha value is -0.820. The summed E-state index contributed by atoms with van der Waals surface area (Å²) in [5.41, 5.74) is 10.9. The maximum atomic E-state index is 6.34. The van der Waals surface area contributed by atoms with E-state index in [9.17, 15) is 0 Å². The average Bonchev–Trinajstić information content (AvgIpc) is 2.62. The fourth-order valence-corrected chi connectivity index (χ4v) is 3.71. The van der Waals surface area contributed by atoms with E-state index in [0.717, 1.165) is 5.92 Å². The highest BCUT2D eigenvalue weighted by atomic mass is 14.6. The first-order valence-electron chi connectivity index (χ1n) is 7.73. The van der Waals surface area contributed by atoms with Crippen molar-refractivity contribution in [3.63, 3.8) is 0 Å². The molecule has 2 aliphatic rings. The zero-order valence-corrected chi connectivity index (χ0v) is 11.3.